The first-order valence-corrected chi connectivity index (χ1v) is 3.39. The number of urea groups is 1. The van der Waals surface area contributed by atoms with Crippen molar-refractivity contribution in [3.8, 4) is 0 Å². The van der Waals surface area contributed by atoms with Crippen molar-refractivity contribution < 1.29 is 9.59 Å². The van der Waals surface area contributed by atoms with Gasteiger partial charge in [-0.15, -0.1) is 0 Å². The molecule has 4 nitrogen and oxygen atoms in total. The van der Waals surface area contributed by atoms with Crippen molar-refractivity contribution in [3.05, 3.63) is 0 Å². The molecule has 0 aromatic rings. The van der Waals surface area contributed by atoms with Crippen LogP contribution in [0.1, 0.15) is 6.42 Å². The van der Waals surface area contributed by atoms with Gasteiger partial charge in [0.05, 0.1) is 0 Å². The highest BCUT2D eigenvalue weighted by molar-refractivity contribution is 7.80. The molecule has 0 unspecified atom stereocenters. The van der Waals surface area contributed by atoms with E-state index in [0.29, 0.717) is 5.75 Å². The zero-order valence-corrected chi connectivity index (χ0v) is 6.60. The number of rotatable bonds is 2. The lowest BCUT2D eigenvalue weighted by Crippen LogP contribution is -2.37. The van der Waals surface area contributed by atoms with Gasteiger partial charge in [-0.25, -0.2) is 4.79 Å². The fourth-order valence-corrected chi connectivity index (χ4v) is 0.578. The Bertz CT molecular complexity index is 149. The third-order valence-corrected chi connectivity index (χ3v) is 1.25. The van der Waals surface area contributed by atoms with Gasteiger partial charge in [-0.2, -0.15) is 12.6 Å². The van der Waals surface area contributed by atoms with Crippen molar-refractivity contribution in [2.24, 2.45) is 5.73 Å². The fraction of sp³-hybridized carbons (Fsp3) is 0.600. The smallest absolute Gasteiger partial charge is 0.321 e. The monoisotopic (exact) mass is 162 g/mol. The number of carbonyl (C=O) groups is 2. The van der Waals surface area contributed by atoms with E-state index >= 15 is 0 Å². The third-order valence-electron chi connectivity index (χ3n) is 1.03. The van der Waals surface area contributed by atoms with Crippen molar-refractivity contribution in [3.63, 3.8) is 0 Å². The number of nitrogens with zero attached hydrogens (tertiary/aromatic N) is 1. The number of carbonyl (C=O) groups excluding carboxylic acids is 2. The number of hydrogen-bond donors (Lipinski definition) is 2. The molecule has 0 aliphatic rings. The van der Waals surface area contributed by atoms with Gasteiger partial charge in [0.1, 0.15) is 0 Å². The number of nitrogens with two attached hydrogens (primary N) is 1. The van der Waals surface area contributed by atoms with Crippen LogP contribution in [0.15, 0.2) is 0 Å². The van der Waals surface area contributed by atoms with Crippen molar-refractivity contribution >= 4 is 24.6 Å². The maximum atomic E-state index is 10.8. The molecule has 2 N–H and O–H groups in total. The van der Waals surface area contributed by atoms with Crippen LogP contribution in [0.25, 0.3) is 0 Å². The average Bonchev–Trinajstić information content (AvgIpc) is 1.87. The molecule has 0 heterocycles. The van der Waals surface area contributed by atoms with Crippen LogP contribution < -0.4 is 5.73 Å². The van der Waals surface area contributed by atoms with Gasteiger partial charge in [0.15, 0.2) is 0 Å². The summed E-state index contributed by atoms with van der Waals surface area (Å²) in [5, 5.41) is 0. The van der Waals surface area contributed by atoms with E-state index in [1.807, 2.05) is 0 Å². The topological polar surface area (TPSA) is 63.4 Å². The predicted molar refractivity (Wildman–Crippen MR) is 40.8 cm³/mol. The molecule has 58 valence electrons. The van der Waals surface area contributed by atoms with Crippen LogP contribution >= 0.6 is 12.6 Å². The molecule has 3 amide bonds. The Morgan fingerprint density at radius 1 is 1.60 bits per heavy atom. The molecule has 0 bridgehead atoms. The molecule has 0 aromatic heterocycles. The Kier molecular flexibility index (Phi) is 3.87. The van der Waals surface area contributed by atoms with E-state index in [9.17, 15) is 9.59 Å². The molecular formula is C5H10N2O2S. The quantitative estimate of drug-likeness (QED) is 0.554. The first kappa shape index (κ1) is 9.29. The highest BCUT2D eigenvalue weighted by Gasteiger charge is 2.11. The summed E-state index contributed by atoms with van der Waals surface area (Å²) >= 11 is 3.82. The van der Waals surface area contributed by atoms with E-state index in [-0.39, 0.29) is 12.3 Å². The summed E-state index contributed by atoms with van der Waals surface area (Å²) in [6.07, 6.45) is 0.239. The molecule has 0 aromatic carbocycles. The van der Waals surface area contributed by atoms with Gasteiger partial charge in [0.25, 0.3) is 0 Å². The minimum absolute atomic E-state index is 0.239. The van der Waals surface area contributed by atoms with Crippen LogP contribution in [-0.4, -0.2) is 29.6 Å². The van der Waals surface area contributed by atoms with Gasteiger partial charge in [0.2, 0.25) is 5.91 Å². The van der Waals surface area contributed by atoms with Crippen LogP contribution in [0.2, 0.25) is 0 Å². The van der Waals surface area contributed by atoms with Crippen LogP contribution in [0, 0.1) is 0 Å². The largest absolute Gasteiger partial charge is 0.351 e. The van der Waals surface area contributed by atoms with E-state index in [4.69, 9.17) is 5.73 Å². The van der Waals surface area contributed by atoms with Gasteiger partial charge < -0.3 is 5.73 Å². The molecule has 0 rings (SSSR count). The van der Waals surface area contributed by atoms with E-state index in [1.54, 1.807) is 0 Å². The normalized spacial score (nSPS) is 9.00. The number of thiol groups is 1. The lowest BCUT2D eigenvalue weighted by molar-refractivity contribution is -0.126. The fourth-order valence-electron chi connectivity index (χ4n) is 0.386. The highest BCUT2D eigenvalue weighted by Crippen LogP contribution is 1.91. The van der Waals surface area contributed by atoms with Gasteiger partial charge in [-0.05, 0) is 5.75 Å². The lowest BCUT2D eigenvalue weighted by atomic mass is 10.4. The molecule has 0 fully saturated rings. The van der Waals surface area contributed by atoms with Crippen molar-refractivity contribution in [1.82, 2.24) is 4.90 Å². The Morgan fingerprint density at radius 3 is 2.40 bits per heavy atom. The second-order valence-electron chi connectivity index (χ2n) is 1.76. The van der Waals surface area contributed by atoms with Gasteiger partial charge in [-0.3, -0.25) is 9.69 Å². The van der Waals surface area contributed by atoms with Crippen molar-refractivity contribution in [2.75, 3.05) is 12.8 Å². The number of hydrogen-bond acceptors (Lipinski definition) is 3. The predicted octanol–water partition coefficient (Wildman–Crippen LogP) is -0.157. The van der Waals surface area contributed by atoms with Crippen molar-refractivity contribution in [2.45, 2.75) is 6.42 Å². The first-order chi connectivity index (χ1) is 4.59. The molecular weight excluding hydrogens is 152 g/mol. The number of amides is 3. The third kappa shape index (κ3) is 2.72. The molecule has 5 heteroatoms. The summed E-state index contributed by atoms with van der Waals surface area (Å²) in [4.78, 5) is 21.9. The zero-order valence-electron chi connectivity index (χ0n) is 5.70. The summed E-state index contributed by atoms with van der Waals surface area (Å²) in [5.41, 5.74) is 4.81. The van der Waals surface area contributed by atoms with E-state index in [2.05, 4.69) is 12.6 Å². The van der Waals surface area contributed by atoms with Crippen LogP contribution in [0.3, 0.4) is 0 Å². The first-order valence-electron chi connectivity index (χ1n) is 2.76. The second-order valence-corrected chi connectivity index (χ2v) is 2.21. The average molecular weight is 162 g/mol. The Morgan fingerprint density at radius 2 is 2.10 bits per heavy atom. The highest BCUT2D eigenvalue weighted by atomic mass is 32.1. The maximum Gasteiger partial charge on any atom is 0.321 e. The summed E-state index contributed by atoms with van der Waals surface area (Å²) in [6.45, 7) is 0. The van der Waals surface area contributed by atoms with Gasteiger partial charge in [-0.1, -0.05) is 0 Å². The SMILES string of the molecule is CN(C(N)=O)C(=O)CCS. The molecule has 0 saturated heterocycles. The molecule has 0 atom stereocenters. The van der Waals surface area contributed by atoms with E-state index in [0.717, 1.165) is 4.90 Å². The van der Waals surface area contributed by atoms with E-state index in [1.165, 1.54) is 7.05 Å². The summed E-state index contributed by atoms with van der Waals surface area (Å²) in [6, 6.07) is -0.730. The standard InChI is InChI=1S/C5H10N2O2S/c1-7(5(6)9)4(8)2-3-10/h10H,2-3H2,1H3,(H2,6,9). The summed E-state index contributed by atoms with van der Waals surface area (Å²) < 4.78 is 0. The second kappa shape index (κ2) is 4.16. The Balaban J connectivity index is 3.82. The van der Waals surface area contributed by atoms with Crippen LogP contribution in [0.5, 0.6) is 0 Å². The van der Waals surface area contributed by atoms with Crippen LogP contribution in [-0.2, 0) is 4.79 Å². The Labute approximate surface area is 64.8 Å². The molecule has 0 aliphatic heterocycles. The Hall–Kier alpha value is -0.710. The maximum absolute atomic E-state index is 10.8. The molecule has 0 saturated carbocycles. The number of primary amides is 1. The number of imide groups is 1. The lowest BCUT2D eigenvalue weighted by Gasteiger charge is -2.10. The summed E-state index contributed by atoms with van der Waals surface area (Å²) in [5.74, 6) is 0.124. The molecule has 0 spiro atoms. The van der Waals surface area contributed by atoms with E-state index < -0.39 is 6.03 Å². The minimum atomic E-state index is -0.730. The minimum Gasteiger partial charge on any atom is -0.351 e. The van der Waals surface area contributed by atoms with Crippen LogP contribution in [0.4, 0.5) is 4.79 Å². The summed E-state index contributed by atoms with van der Waals surface area (Å²) in [7, 11) is 1.34. The molecule has 10 heavy (non-hydrogen) atoms. The van der Waals surface area contributed by atoms with Gasteiger partial charge in [0, 0.05) is 13.5 Å². The van der Waals surface area contributed by atoms with Gasteiger partial charge >= 0.3 is 6.03 Å². The molecule has 0 aliphatic carbocycles. The zero-order chi connectivity index (χ0) is 8.15. The molecule has 0 radical (unpaired) electrons. The van der Waals surface area contributed by atoms with Crippen molar-refractivity contribution in [1.29, 1.82) is 0 Å².